The van der Waals surface area contributed by atoms with E-state index in [0.717, 1.165) is 0 Å². The van der Waals surface area contributed by atoms with Gasteiger partial charge in [0.1, 0.15) is 5.02 Å². The van der Waals surface area contributed by atoms with E-state index in [1.807, 2.05) is 0 Å². The zero-order valence-electron chi connectivity index (χ0n) is 9.53. The van der Waals surface area contributed by atoms with Gasteiger partial charge >= 0.3 is 5.97 Å². The van der Waals surface area contributed by atoms with Gasteiger partial charge in [-0.1, -0.05) is 17.7 Å². The monoisotopic (exact) mass is 257 g/mol. The van der Waals surface area contributed by atoms with Crippen molar-refractivity contribution in [2.24, 2.45) is 0 Å². The van der Waals surface area contributed by atoms with E-state index in [4.69, 9.17) is 16.3 Å². The predicted octanol–water partition coefficient (Wildman–Crippen LogP) is 2.66. The number of nitro benzene ring substituents is 1. The van der Waals surface area contributed by atoms with Gasteiger partial charge in [-0.2, -0.15) is 0 Å². The van der Waals surface area contributed by atoms with Gasteiger partial charge in [-0.05, 0) is 25.0 Å². The third kappa shape index (κ3) is 3.17. The van der Waals surface area contributed by atoms with Crippen molar-refractivity contribution in [3.05, 3.63) is 38.4 Å². The average Bonchev–Trinajstić information content (AvgIpc) is 2.25. The fourth-order valence-corrected chi connectivity index (χ4v) is 1.66. The number of nitro groups is 1. The Morgan fingerprint density at radius 2 is 2.18 bits per heavy atom. The van der Waals surface area contributed by atoms with Crippen molar-refractivity contribution < 1.29 is 14.5 Å². The molecule has 0 amide bonds. The molecule has 17 heavy (non-hydrogen) atoms. The Kier molecular flexibility index (Phi) is 4.45. The number of hydrogen-bond acceptors (Lipinski definition) is 4. The minimum absolute atomic E-state index is 0.0665. The first-order valence-corrected chi connectivity index (χ1v) is 5.43. The lowest BCUT2D eigenvalue weighted by Gasteiger charge is -2.07. The molecule has 0 atom stereocenters. The number of benzene rings is 1. The Balaban J connectivity index is 3.00. The van der Waals surface area contributed by atoms with Crippen LogP contribution in [0.3, 0.4) is 0 Å². The number of hydrogen-bond donors (Lipinski definition) is 0. The van der Waals surface area contributed by atoms with Crippen molar-refractivity contribution in [3.63, 3.8) is 0 Å². The number of carbonyl (C=O) groups excluding carboxylic acids is 1. The quantitative estimate of drug-likeness (QED) is 0.472. The molecular weight excluding hydrogens is 246 g/mol. The number of carbonyl (C=O) groups is 1. The van der Waals surface area contributed by atoms with Crippen LogP contribution in [0.4, 0.5) is 5.69 Å². The zero-order chi connectivity index (χ0) is 13.0. The molecule has 0 aromatic heterocycles. The molecule has 1 aromatic rings. The van der Waals surface area contributed by atoms with E-state index in [2.05, 4.69) is 0 Å². The number of nitrogens with zero attached hydrogens (tertiary/aromatic N) is 1. The third-order valence-electron chi connectivity index (χ3n) is 2.31. The molecule has 0 aliphatic rings. The second-order valence-corrected chi connectivity index (χ2v) is 3.80. The van der Waals surface area contributed by atoms with E-state index >= 15 is 0 Å². The lowest BCUT2D eigenvalue weighted by molar-refractivity contribution is -0.384. The van der Waals surface area contributed by atoms with Crippen LogP contribution in [0.15, 0.2) is 12.1 Å². The van der Waals surface area contributed by atoms with Crippen LogP contribution in [0.5, 0.6) is 0 Å². The Morgan fingerprint density at radius 1 is 1.53 bits per heavy atom. The third-order valence-corrected chi connectivity index (χ3v) is 2.79. The first kappa shape index (κ1) is 13.4. The summed E-state index contributed by atoms with van der Waals surface area (Å²) in [6.45, 7) is 3.66. The summed E-state index contributed by atoms with van der Waals surface area (Å²) < 4.78 is 4.80. The Morgan fingerprint density at radius 3 is 2.71 bits per heavy atom. The Bertz CT molecular complexity index is 459. The molecule has 1 aromatic carbocycles. The summed E-state index contributed by atoms with van der Waals surface area (Å²) in [7, 11) is 0. The number of halogens is 1. The van der Waals surface area contributed by atoms with Gasteiger partial charge in [0.15, 0.2) is 0 Å². The van der Waals surface area contributed by atoms with Crippen LogP contribution in [0.25, 0.3) is 0 Å². The summed E-state index contributed by atoms with van der Waals surface area (Å²) in [5.74, 6) is -0.375. The minimum Gasteiger partial charge on any atom is -0.466 e. The van der Waals surface area contributed by atoms with Crippen LogP contribution in [-0.2, 0) is 16.0 Å². The lowest BCUT2D eigenvalue weighted by Crippen LogP contribution is -2.09. The summed E-state index contributed by atoms with van der Waals surface area (Å²) >= 11 is 5.86. The molecule has 0 spiro atoms. The highest BCUT2D eigenvalue weighted by atomic mass is 35.5. The summed E-state index contributed by atoms with van der Waals surface area (Å²) in [5, 5.41) is 10.7. The molecule has 0 radical (unpaired) electrons. The van der Waals surface area contributed by atoms with Crippen molar-refractivity contribution >= 4 is 23.3 Å². The van der Waals surface area contributed by atoms with Crippen molar-refractivity contribution in [1.82, 2.24) is 0 Å². The van der Waals surface area contributed by atoms with Gasteiger partial charge < -0.3 is 4.74 Å². The average molecular weight is 258 g/mol. The van der Waals surface area contributed by atoms with Crippen molar-refractivity contribution in [2.75, 3.05) is 6.61 Å². The number of esters is 1. The van der Waals surface area contributed by atoms with E-state index in [0.29, 0.717) is 17.7 Å². The van der Waals surface area contributed by atoms with Gasteiger partial charge in [0.05, 0.1) is 18.0 Å². The van der Waals surface area contributed by atoms with Gasteiger partial charge in [-0.25, -0.2) is 0 Å². The molecule has 92 valence electrons. The largest absolute Gasteiger partial charge is 0.466 e. The Labute approximate surface area is 103 Å². The maximum absolute atomic E-state index is 11.3. The topological polar surface area (TPSA) is 69.4 Å². The van der Waals surface area contributed by atoms with E-state index in [1.165, 1.54) is 12.1 Å². The molecular formula is C11H12ClNO4. The highest BCUT2D eigenvalue weighted by Crippen LogP contribution is 2.30. The molecule has 0 unspecified atom stereocenters. The first-order valence-electron chi connectivity index (χ1n) is 5.05. The standard InChI is InChI=1S/C11H12ClNO4/c1-3-17-10(14)6-8-4-5-9(13(15)16)11(12)7(8)2/h4-5H,3,6H2,1-2H3. The van der Waals surface area contributed by atoms with Gasteiger partial charge in [0.25, 0.3) is 5.69 Å². The van der Waals surface area contributed by atoms with Crippen LogP contribution in [0.1, 0.15) is 18.1 Å². The van der Waals surface area contributed by atoms with Crippen LogP contribution in [0, 0.1) is 17.0 Å². The summed E-state index contributed by atoms with van der Waals surface area (Å²) in [6, 6.07) is 2.82. The molecule has 0 aliphatic carbocycles. The van der Waals surface area contributed by atoms with Gasteiger partial charge in [-0.15, -0.1) is 0 Å². The highest BCUT2D eigenvalue weighted by molar-refractivity contribution is 6.33. The zero-order valence-corrected chi connectivity index (χ0v) is 10.3. The van der Waals surface area contributed by atoms with Crippen LogP contribution in [-0.4, -0.2) is 17.5 Å². The number of rotatable bonds is 4. The molecule has 0 heterocycles. The van der Waals surface area contributed by atoms with E-state index in [9.17, 15) is 14.9 Å². The summed E-state index contributed by atoms with van der Waals surface area (Å²) in [6.07, 6.45) is 0.0669. The number of ether oxygens (including phenoxy) is 1. The van der Waals surface area contributed by atoms with E-state index < -0.39 is 4.92 Å². The van der Waals surface area contributed by atoms with E-state index in [1.54, 1.807) is 13.8 Å². The molecule has 5 nitrogen and oxygen atoms in total. The molecule has 0 N–H and O–H groups in total. The van der Waals surface area contributed by atoms with Gasteiger partial charge in [-0.3, -0.25) is 14.9 Å². The second kappa shape index (κ2) is 5.63. The fourth-order valence-electron chi connectivity index (χ4n) is 1.41. The molecule has 0 saturated carbocycles. The minimum atomic E-state index is -0.552. The van der Waals surface area contributed by atoms with Crippen molar-refractivity contribution in [1.29, 1.82) is 0 Å². The molecule has 0 aliphatic heterocycles. The van der Waals surface area contributed by atoms with Crippen molar-refractivity contribution in [3.8, 4) is 0 Å². The van der Waals surface area contributed by atoms with E-state index in [-0.39, 0.29) is 23.1 Å². The fraction of sp³-hybridized carbons (Fsp3) is 0.364. The van der Waals surface area contributed by atoms with Gasteiger partial charge in [0.2, 0.25) is 0 Å². The predicted molar refractivity (Wildman–Crippen MR) is 63.2 cm³/mol. The SMILES string of the molecule is CCOC(=O)Cc1ccc([N+](=O)[O-])c(Cl)c1C. The highest BCUT2D eigenvalue weighted by Gasteiger charge is 2.17. The van der Waals surface area contributed by atoms with Crippen molar-refractivity contribution in [2.45, 2.75) is 20.3 Å². The maximum Gasteiger partial charge on any atom is 0.310 e. The molecule has 0 fully saturated rings. The molecule has 1 rings (SSSR count). The lowest BCUT2D eigenvalue weighted by atomic mass is 10.0. The molecule has 6 heteroatoms. The second-order valence-electron chi connectivity index (χ2n) is 3.42. The molecule has 0 saturated heterocycles. The van der Waals surface area contributed by atoms with Gasteiger partial charge in [0, 0.05) is 6.07 Å². The Hall–Kier alpha value is -1.62. The smallest absolute Gasteiger partial charge is 0.310 e. The van der Waals surface area contributed by atoms with Crippen LogP contribution >= 0.6 is 11.6 Å². The summed E-state index contributed by atoms with van der Waals surface area (Å²) in [5.41, 5.74) is 1.02. The first-order chi connectivity index (χ1) is 7.97. The van der Waals surface area contributed by atoms with Crippen LogP contribution in [0.2, 0.25) is 5.02 Å². The van der Waals surface area contributed by atoms with Crippen LogP contribution < -0.4 is 0 Å². The normalized spacial score (nSPS) is 10.1. The maximum atomic E-state index is 11.3. The molecule has 0 bridgehead atoms. The summed E-state index contributed by atoms with van der Waals surface area (Å²) in [4.78, 5) is 21.4.